The van der Waals surface area contributed by atoms with E-state index in [0.29, 0.717) is 0 Å². The highest BCUT2D eigenvalue weighted by atomic mass is 79.9. The lowest BCUT2D eigenvalue weighted by molar-refractivity contribution is 0.563. The minimum absolute atomic E-state index is 0. The first-order chi connectivity index (χ1) is 6.41. The molecule has 88 valence electrons. The van der Waals surface area contributed by atoms with Crippen molar-refractivity contribution in [1.82, 2.24) is 0 Å². The van der Waals surface area contributed by atoms with Crippen LogP contribution in [0, 0.1) is 0 Å². The van der Waals surface area contributed by atoms with Gasteiger partial charge in [-0.15, -0.1) is 26.2 Å². The zero-order valence-electron chi connectivity index (χ0n) is 9.76. The Balaban J connectivity index is 0. The lowest BCUT2D eigenvalue weighted by Gasteiger charge is -2.00. The Hall–Kier alpha value is 0.910. The van der Waals surface area contributed by atoms with Gasteiger partial charge in [-0.2, -0.15) is 0 Å². The maximum absolute atomic E-state index is 2.81. The van der Waals surface area contributed by atoms with Crippen molar-refractivity contribution < 1.29 is 0 Å². The molecule has 0 rings (SSSR count). The largest absolute Gasteiger partial charge is 0.138 e. The van der Waals surface area contributed by atoms with E-state index in [4.69, 9.17) is 0 Å². The second kappa shape index (κ2) is 16.3. The SMILES string of the molecule is Br.CCCCCCCCCCCCP. The van der Waals surface area contributed by atoms with Gasteiger partial charge in [0.15, 0.2) is 0 Å². The fraction of sp³-hybridized carbons (Fsp3) is 1.00. The summed E-state index contributed by atoms with van der Waals surface area (Å²) in [4.78, 5) is 0. The highest BCUT2D eigenvalue weighted by molar-refractivity contribution is 8.93. The molecule has 2 heteroatoms. The van der Waals surface area contributed by atoms with E-state index >= 15 is 0 Å². The third-order valence-electron chi connectivity index (χ3n) is 2.56. The molecule has 0 aliphatic rings. The van der Waals surface area contributed by atoms with Crippen LogP contribution in [-0.4, -0.2) is 6.16 Å². The van der Waals surface area contributed by atoms with Crippen molar-refractivity contribution in [2.45, 2.75) is 71.1 Å². The third-order valence-corrected chi connectivity index (χ3v) is 2.97. The minimum atomic E-state index is 0. The molecular weight excluding hydrogens is 255 g/mol. The summed E-state index contributed by atoms with van der Waals surface area (Å²) in [6.07, 6.45) is 15.7. The van der Waals surface area contributed by atoms with Gasteiger partial charge < -0.3 is 0 Å². The average Bonchev–Trinajstić information content (AvgIpc) is 2.16. The second-order valence-electron chi connectivity index (χ2n) is 3.97. The third kappa shape index (κ3) is 15.4. The Morgan fingerprint density at radius 3 is 1.36 bits per heavy atom. The molecule has 0 radical (unpaired) electrons. The van der Waals surface area contributed by atoms with Crippen LogP contribution in [0.15, 0.2) is 0 Å². The van der Waals surface area contributed by atoms with Crippen LogP contribution in [0.25, 0.3) is 0 Å². The lowest BCUT2D eigenvalue weighted by Crippen LogP contribution is -1.81. The van der Waals surface area contributed by atoms with E-state index in [1.807, 2.05) is 0 Å². The van der Waals surface area contributed by atoms with Crippen LogP contribution in [0.4, 0.5) is 0 Å². The average molecular weight is 283 g/mol. The quantitative estimate of drug-likeness (QED) is 0.374. The van der Waals surface area contributed by atoms with E-state index in [2.05, 4.69) is 16.2 Å². The summed E-state index contributed by atoms with van der Waals surface area (Å²) in [7, 11) is 2.81. The number of unbranched alkanes of at least 4 members (excludes halogenated alkanes) is 9. The molecule has 0 amide bonds. The fourth-order valence-electron chi connectivity index (χ4n) is 1.63. The minimum Gasteiger partial charge on any atom is -0.138 e. The Kier molecular flexibility index (Phi) is 20.2. The van der Waals surface area contributed by atoms with Gasteiger partial charge in [-0.25, -0.2) is 0 Å². The van der Waals surface area contributed by atoms with Gasteiger partial charge in [0.2, 0.25) is 0 Å². The van der Waals surface area contributed by atoms with Crippen molar-refractivity contribution in [3.8, 4) is 0 Å². The Morgan fingerprint density at radius 1 is 0.643 bits per heavy atom. The Morgan fingerprint density at radius 2 is 1.00 bits per heavy atom. The summed E-state index contributed by atoms with van der Waals surface area (Å²) in [6.45, 7) is 2.28. The van der Waals surface area contributed by atoms with Gasteiger partial charge in [0.1, 0.15) is 0 Å². The van der Waals surface area contributed by atoms with Crippen molar-refractivity contribution in [2.75, 3.05) is 6.16 Å². The van der Waals surface area contributed by atoms with Crippen LogP contribution >= 0.6 is 26.2 Å². The zero-order valence-corrected chi connectivity index (χ0v) is 12.6. The number of hydrogen-bond donors (Lipinski definition) is 0. The predicted molar refractivity (Wildman–Crippen MR) is 76.7 cm³/mol. The van der Waals surface area contributed by atoms with Crippen molar-refractivity contribution in [2.24, 2.45) is 0 Å². The van der Waals surface area contributed by atoms with E-state index in [-0.39, 0.29) is 17.0 Å². The van der Waals surface area contributed by atoms with E-state index in [1.165, 1.54) is 70.4 Å². The molecule has 1 atom stereocenters. The summed E-state index contributed by atoms with van der Waals surface area (Å²) in [5, 5.41) is 0. The van der Waals surface area contributed by atoms with Gasteiger partial charge in [-0.3, -0.25) is 0 Å². The molecule has 0 nitrogen and oxygen atoms in total. The first-order valence-electron chi connectivity index (χ1n) is 6.12. The summed E-state index contributed by atoms with van der Waals surface area (Å²) >= 11 is 0. The van der Waals surface area contributed by atoms with Crippen LogP contribution in [0.2, 0.25) is 0 Å². The molecule has 0 aliphatic heterocycles. The topological polar surface area (TPSA) is 0 Å². The standard InChI is InChI=1S/C12H27P.BrH/c1-2-3-4-5-6-7-8-9-10-11-12-13;/h2-13H2,1H3;1H. The maximum atomic E-state index is 2.81. The van der Waals surface area contributed by atoms with Gasteiger partial charge in [0.25, 0.3) is 0 Å². The molecule has 0 saturated carbocycles. The van der Waals surface area contributed by atoms with Gasteiger partial charge in [0, 0.05) is 0 Å². The Labute approximate surface area is 104 Å². The number of halogens is 1. The van der Waals surface area contributed by atoms with E-state index in [1.54, 1.807) is 0 Å². The first kappa shape index (κ1) is 17.3. The summed E-state index contributed by atoms with van der Waals surface area (Å²) in [5.41, 5.74) is 0. The first-order valence-corrected chi connectivity index (χ1v) is 6.93. The summed E-state index contributed by atoms with van der Waals surface area (Å²) in [5.74, 6) is 0. The van der Waals surface area contributed by atoms with Gasteiger partial charge >= 0.3 is 0 Å². The summed E-state index contributed by atoms with van der Waals surface area (Å²) in [6, 6.07) is 0. The molecule has 1 unspecified atom stereocenters. The molecule has 0 N–H and O–H groups in total. The normalized spacial score (nSPS) is 9.86. The smallest absolute Gasteiger partial charge is 0.0381 e. The number of hydrogen-bond acceptors (Lipinski definition) is 0. The molecule has 0 spiro atoms. The molecule has 0 heterocycles. The van der Waals surface area contributed by atoms with Crippen LogP contribution in [0.5, 0.6) is 0 Å². The lowest BCUT2D eigenvalue weighted by atomic mass is 10.1. The van der Waals surface area contributed by atoms with Crippen LogP contribution in [-0.2, 0) is 0 Å². The zero-order chi connectivity index (χ0) is 9.78. The molecular formula is C12H28BrP. The molecule has 0 fully saturated rings. The van der Waals surface area contributed by atoms with Crippen LogP contribution < -0.4 is 0 Å². The summed E-state index contributed by atoms with van der Waals surface area (Å²) < 4.78 is 0. The monoisotopic (exact) mass is 282 g/mol. The van der Waals surface area contributed by atoms with Crippen molar-refractivity contribution >= 4 is 26.2 Å². The molecule has 0 bridgehead atoms. The second-order valence-corrected chi connectivity index (χ2v) is 4.55. The highest BCUT2D eigenvalue weighted by Crippen LogP contribution is 2.10. The molecule has 0 aliphatic carbocycles. The molecule has 0 aromatic heterocycles. The maximum Gasteiger partial charge on any atom is -0.0381 e. The van der Waals surface area contributed by atoms with E-state index in [0.717, 1.165) is 0 Å². The van der Waals surface area contributed by atoms with Gasteiger partial charge in [-0.05, 0) is 12.6 Å². The van der Waals surface area contributed by atoms with Gasteiger partial charge in [-0.1, -0.05) is 64.7 Å². The predicted octanol–water partition coefficient (Wildman–Crippen LogP) is 5.36. The molecule has 0 saturated heterocycles. The highest BCUT2D eigenvalue weighted by Gasteiger charge is 1.90. The Bertz CT molecular complexity index is 76.4. The number of rotatable bonds is 10. The van der Waals surface area contributed by atoms with Crippen molar-refractivity contribution in [1.29, 1.82) is 0 Å². The van der Waals surface area contributed by atoms with E-state index < -0.39 is 0 Å². The van der Waals surface area contributed by atoms with Gasteiger partial charge in [0.05, 0.1) is 0 Å². The van der Waals surface area contributed by atoms with Crippen molar-refractivity contribution in [3.05, 3.63) is 0 Å². The molecule has 0 aromatic rings. The van der Waals surface area contributed by atoms with Crippen molar-refractivity contribution in [3.63, 3.8) is 0 Å². The van der Waals surface area contributed by atoms with Crippen LogP contribution in [0.3, 0.4) is 0 Å². The fourth-order valence-corrected chi connectivity index (χ4v) is 1.92. The van der Waals surface area contributed by atoms with E-state index in [9.17, 15) is 0 Å². The molecule has 14 heavy (non-hydrogen) atoms. The van der Waals surface area contributed by atoms with Crippen LogP contribution in [0.1, 0.15) is 71.1 Å². The molecule has 0 aromatic carbocycles.